The molecule has 5 nitrogen and oxygen atoms in total. The third-order valence-corrected chi connectivity index (χ3v) is 5.74. The van der Waals surface area contributed by atoms with E-state index in [1.165, 1.54) is 24.9 Å². The number of nitrogens with zero attached hydrogens (tertiary/aromatic N) is 2. The van der Waals surface area contributed by atoms with E-state index < -0.39 is 0 Å². The van der Waals surface area contributed by atoms with Crippen LogP contribution in [-0.4, -0.2) is 31.4 Å². The summed E-state index contributed by atoms with van der Waals surface area (Å²) >= 11 is 5.91. The number of hydrogen-bond donors (Lipinski definition) is 1. The lowest BCUT2D eigenvalue weighted by Crippen LogP contribution is -2.29. The van der Waals surface area contributed by atoms with Gasteiger partial charge in [0.05, 0.1) is 5.92 Å². The second kappa shape index (κ2) is 8.23. The Hall–Kier alpha value is -2.53. The summed E-state index contributed by atoms with van der Waals surface area (Å²) in [6.07, 6.45) is 3.99. The van der Waals surface area contributed by atoms with Crippen LogP contribution in [0.5, 0.6) is 0 Å². The van der Waals surface area contributed by atoms with Crippen LogP contribution in [0.2, 0.25) is 5.02 Å². The summed E-state index contributed by atoms with van der Waals surface area (Å²) in [7, 11) is 0. The number of nitrogens with one attached hydrogen (secondary N) is 1. The van der Waals surface area contributed by atoms with E-state index in [0.717, 1.165) is 24.5 Å². The van der Waals surface area contributed by atoms with E-state index >= 15 is 0 Å². The van der Waals surface area contributed by atoms with Crippen LogP contribution in [0, 0.1) is 5.92 Å². The minimum absolute atomic E-state index is 0.0390. The lowest BCUT2D eigenvalue weighted by atomic mass is 10.1. The van der Waals surface area contributed by atoms with E-state index in [1.807, 2.05) is 12.1 Å². The van der Waals surface area contributed by atoms with Gasteiger partial charge in [-0.1, -0.05) is 11.6 Å². The molecule has 1 unspecified atom stereocenters. The van der Waals surface area contributed by atoms with Crippen molar-refractivity contribution in [3.63, 3.8) is 0 Å². The minimum Gasteiger partial charge on any atom is -0.372 e. The molecule has 1 N–H and O–H groups in total. The predicted molar refractivity (Wildman–Crippen MR) is 113 cm³/mol. The van der Waals surface area contributed by atoms with Crippen molar-refractivity contribution in [1.82, 2.24) is 0 Å². The Morgan fingerprint density at radius 1 is 0.929 bits per heavy atom. The van der Waals surface area contributed by atoms with E-state index in [2.05, 4.69) is 22.3 Å². The van der Waals surface area contributed by atoms with Crippen molar-refractivity contribution in [2.45, 2.75) is 25.7 Å². The average Bonchev–Trinajstić information content (AvgIpc) is 3.12. The third-order valence-electron chi connectivity index (χ3n) is 5.49. The van der Waals surface area contributed by atoms with Gasteiger partial charge in [0.2, 0.25) is 11.8 Å². The molecule has 2 amide bonds. The first-order valence-electron chi connectivity index (χ1n) is 9.82. The smallest absolute Gasteiger partial charge is 0.229 e. The van der Waals surface area contributed by atoms with Crippen LogP contribution in [-0.2, 0) is 9.59 Å². The maximum Gasteiger partial charge on any atom is 0.229 e. The summed E-state index contributed by atoms with van der Waals surface area (Å²) in [4.78, 5) is 29.0. The zero-order chi connectivity index (χ0) is 19.5. The van der Waals surface area contributed by atoms with Crippen molar-refractivity contribution >= 4 is 40.5 Å². The van der Waals surface area contributed by atoms with Gasteiger partial charge in [-0.15, -0.1) is 0 Å². The number of hydrogen-bond acceptors (Lipinski definition) is 3. The molecule has 0 bridgehead atoms. The summed E-state index contributed by atoms with van der Waals surface area (Å²) in [5, 5.41) is 3.58. The van der Waals surface area contributed by atoms with Crippen molar-refractivity contribution in [2.75, 3.05) is 34.8 Å². The lowest BCUT2D eigenvalue weighted by Gasteiger charge is -2.28. The Kier molecular flexibility index (Phi) is 5.53. The maximum atomic E-state index is 12.7. The van der Waals surface area contributed by atoms with Crippen molar-refractivity contribution in [3.05, 3.63) is 53.6 Å². The first-order valence-corrected chi connectivity index (χ1v) is 10.2. The summed E-state index contributed by atoms with van der Waals surface area (Å²) in [6, 6.07) is 15.1. The molecule has 28 heavy (non-hydrogen) atoms. The molecule has 0 aliphatic carbocycles. The summed E-state index contributed by atoms with van der Waals surface area (Å²) < 4.78 is 0. The maximum absolute atomic E-state index is 12.7. The fourth-order valence-electron chi connectivity index (χ4n) is 3.91. The Bertz CT molecular complexity index is 845. The second-order valence-electron chi connectivity index (χ2n) is 7.47. The van der Waals surface area contributed by atoms with Gasteiger partial charge < -0.3 is 15.1 Å². The third kappa shape index (κ3) is 4.14. The predicted octanol–water partition coefficient (Wildman–Crippen LogP) is 4.32. The van der Waals surface area contributed by atoms with Crippen LogP contribution in [0.3, 0.4) is 0 Å². The molecule has 0 aromatic heterocycles. The van der Waals surface area contributed by atoms with Crippen LogP contribution >= 0.6 is 11.6 Å². The van der Waals surface area contributed by atoms with Crippen LogP contribution in [0.15, 0.2) is 48.5 Å². The Morgan fingerprint density at radius 3 is 2.25 bits per heavy atom. The summed E-state index contributed by atoms with van der Waals surface area (Å²) in [6.45, 7) is 2.57. The van der Waals surface area contributed by atoms with Gasteiger partial charge in [0, 0.05) is 48.1 Å². The minimum atomic E-state index is -0.357. The molecule has 0 radical (unpaired) electrons. The molecule has 2 fully saturated rings. The molecule has 0 spiro atoms. The molecule has 1 atom stereocenters. The van der Waals surface area contributed by atoms with E-state index in [-0.39, 0.29) is 24.2 Å². The second-order valence-corrected chi connectivity index (χ2v) is 7.90. The fraction of sp³-hybridized carbons (Fsp3) is 0.364. The van der Waals surface area contributed by atoms with Gasteiger partial charge in [0.1, 0.15) is 0 Å². The molecule has 2 aliphatic rings. The molecule has 2 aliphatic heterocycles. The van der Waals surface area contributed by atoms with E-state index in [1.54, 1.807) is 29.2 Å². The quantitative estimate of drug-likeness (QED) is 0.835. The number of piperidine rings is 1. The normalized spacial score (nSPS) is 19.8. The standard InChI is InChI=1S/C22H24ClN3O2/c23-17-4-8-20(9-5-17)26-15-16(14-21(26)27)22(28)24-18-6-10-19(11-7-18)25-12-2-1-3-13-25/h4-11,16H,1-3,12-15H2,(H,24,28). The summed E-state index contributed by atoms with van der Waals surface area (Å²) in [5.74, 6) is -0.511. The zero-order valence-corrected chi connectivity index (χ0v) is 16.5. The number of halogens is 1. The van der Waals surface area contributed by atoms with Crippen molar-refractivity contribution in [3.8, 4) is 0 Å². The van der Waals surface area contributed by atoms with Gasteiger partial charge in [-0.2, -0.15) is 0 Å². The highest BCUT2D eigenvalue weighted by atomic mass is 35.5. The van der Waals surface area contributed by atoms with Gasteiger partial charge in [-0.05, 0) is 67.8 Å². The molecule has 0 saturated carbocycles. The van der Waals surface area contributed by atoms with Gasteiger partial charge in [0.25, 0.3) is 0 Å². The van der Waals surface area contributed by atoms with E-state index in [9.17, 15) is 9.59 Å². The number of benzene rings is 2. The number of carbonyl (C=O) groups excluding carboxylic acids is 2. The van der Waals surface area contributed by atoms with E-state index in [4.69, 9.17) is 11.6 Å². The molecular weight excluding hydrogens is 374 g/mol. The number of amides is 2. The highest BCUT2D eigenvalue weighted by molar-refractivity contribution is 6.30. The Balaban J connectivity index is 1.37. The molecule has 2 aromatic rings. The molecule has 2 saturated heterocycles. The number of carbonyl (C=O) groups is 2. The molecular formula is C22H24ClN3O2. The van der Waals surface area contributed by atoms with Crippen LogP contribution in [0.4, 0.5) is 17.1 Å². The first kappa shape index (κ1) is 18.8. The van der Waals surface area contributed by atoms with Crippen LogP contribution in [0.1, 0.15) is 25.7 Å². The Labute approximate surface area is 170 Å². The van der Waals surface area contributed by atoms with Crippen molar-refractivity contribution in [2.24, 2.45) is 5.92 Å². The molecule has 146 valence electrons. The van der Waals surface area contributed by atoms with Crippen molar-refractivity contribution < 1.29 is 9.59 Å². The van der Waals surface area contributed by atoms with E-state index in [0.29, 0.717) is 11.6 Å². The monoisotopic (exact) mass is 397 g/mol. The lowest BCUT2D eigenvalue weighted by molar-refractivity contribution is -0.122. The van der Waals surface area contributed by atoms with Crippen molar-refractivity contribution in [1.29, 1.82) is 0 Å². The topological polar surface area (TPSA) is 52.7 Å². The zero-order valence-electron chi connectivity index (χ0n) is 15.7. The molecule has 6 heteroatoms. The average molecular weight is 398 g/mol. The van der Waals surface area contributed by atoms with Gasteiger partial charge in [-0.25, -0.2) is 0 Å². The molecule has 4 rings (SSSR count). The van der Waals surface area contributed by atoms with Crippen LogP contribution < -0.4 is 15.1 Å². The van der Waals surface area contributed by atoms with Gasteiger partial charge in [0.15, 0.2) is 0 Å². The number of anilines is 3. The molecule has 2 aromatic carbocycles. The highest BCUT2D eigenvalue weighted by Crippen LogP contribution is 2.28. The van der Waals surface area contributed by atoms with Crippen LogP contribution in [0.25, 0.3) is 0 Å². The van der Waals surface area contributed by atoms with Gasteiger partial charge in [-0.3, -0.25) is 9.59 Å². The SMILES string of the molecule is O=C(Nc1ccc(N2CCCCC2)cc1)C1CC(=O)N(c2ccc(Cl)cc2)C1. The first-order chi connectivity index (χ1) is 13.6. The number of rotatable bonds is 4. The highest BCUT2D eigenvalue weighted by Gasteiger charge is 2.35. The fourth-order valence-corrected chi connectivity index (χ4v) is 4.03. The largest absolute Gasteiger partial charge is 0.372 e. The molecule has 2 heterocycles. The summed E-state index contributed by atoms with van der Waals surface area (Å²) in [5.41, 5.74) is 2.74. The van der Waals surface area contributed by atoms with Gasteiger partial charge >= 0.3 is 0 Å². The Morgan fingerprint density at radius 2 is 1.57 bits per heavy atom.